The summed E-state index contributed by atoms with van der Waals surface area (Å²) < 4.78 is 0. The topological polar surface area (TPSA) is 15.6 Å². The van der Waals surface area contributed by atoms with Crippen LogP contribution in [0.2, 0.25) is 0 Å². The standard InChI is InChI=1S/C25H34N2/c1-6-9-11-13-16-20(4)25-21(5)24(22(8-3)17-10-7-2)26-27(25)23-18-14-12-15-19-23/h8-21,25H,6-7H2,1-5H3/b11-9-,16-13-,17-10-,22-8+. The number of nitrogens with zero attached hydrogens (tertiary/aromatic N) is 2. The third-order valence-electron chi connectivity index (χ3n) is 5.04. The highest BCUT2D eigenvalue weighted by molar-refractivity contribution is 6.06. The average Bonchev–Trinajstić information content (AvgIpc) is 3.04. The van der Waals surface area contributed by atoms with Crippen LogP contribution >= 0.6 is 0 Å². The van der Waals surface area contributed by atoms with Crippen molar-refractivity contribution in [3.63, 3.8) is 0 Å². The van der Waals surface area contributed by atoms with Crippen LogP contribution < -0.4 is 5.01 Å². The highest BCUT2D eigenvalue weighted by atomic mass is 15.5. The Morgan fingerprint density at radius 1 is 1.11 bits per heavy atom. The van der Waals surface area contributed by atoms with Crippen molar-refractivity contribution in [1.82, 2.24) is 0 Å². The van der Waals surface area contributed by atoms with E-state index >= 15 is 0 Å². The van der Waals surface area contributed by atoms with E-state index in [0.717, 1.165) is 18.5 Å². The Bertz CT molecular complexity index is 722. The fraction of sp³-hybridized carbons (Fsp3) is 0.400. The Morgan fingerprint density at radius 2 is 1.81 bits per heavy atom. The van der Waals surface area contributed by atoms with E-state index < -0.39 is 0 Å². The number of benzene rings is 1. The minimum absolute atomic E-state index is 0.304. The van der Waals surface area contributed by atoms with Crippen LogP contribution in [0, 0.1) is 11.8 Å². The van der Waals surface area contributed by atoms with Gasteiger partial charge in [0.05, 0.1) is 17.4 Å². The molecule has 3 unspecified atom stereocenters. The van der Waals surface area contributed by atoms with Gasteiger partial charge in [0.1, 0.15) is 0 Å². The predicted molar refractivity (Wildman–Crippen MR) is 120 cm³/mol. The summed E-state index contributed by atoms with van der Waals surface area (Å²) in [7, 11) is 0. The summed E-state index contributed by atoms with van der Waals surface area (Å²) in [4.78, 5) is 0. The van der Waals surface area contributed by atoms with Gasteiger partial charge in [-0.25, -0.2) is 0 Å². The van der Waals surface area contributed by atoms with Gasteiger partial charge in [-0.1, -0.05) is 88.4 Å². The molecule has 0 N–H and O–H groups in total. The number of rotatable bonds is 8. The third kappa shape index (κ3) is 5.32. The lowest BCUT2D eigenvalue weighted by molar-refractivity contribution is 0.461. The van der Waals surface area contributed by atoms with Crippen molar-refractivity contribution in [1.29, 1.82) is 0 Å². The molecule has 0 radical (unpaired) electrons. The smallest absolute Gasteiger partial charge is 0.0728 e. The molecule has 0 aliphatic carbocycles. The molecular weight excluding hydrogens is 328 g/mol. The van der Waals surface area contributed by atoms with Crippen molar-refractivity contribution in [3.05, 3.63) is 78.4 Å². The summed E-state index contributed by atoms with van der Waals surface area (Å²) in [6.45, 7) is 11.0. The molecular formula is C25H34N2. The molecule has 1 aromatic carbocycles. The Labute approximate surface area is 165 Å². The molecule has 0 saturated heterocycles. The van der Waals surface area contributed by atoms with E-state index in [0.29, 0.717) is 17.9 Å². The number of anilines is 1. The zero-order chi connectivity index (χ0) is 19.6. The van der Waals surface area contributed by atoms with E-state index in [9.17, 15) is 0 Å². The second-order valence-electron chi connectivity index (χ2n) is 7.08. The highest BCUT2D eigenvalue weighted by Gasteiger charge is 2.38. The first-order valence-electron chi connectivity index (χ1n) is 10.2. The Balaban J connectivity index is 2.38. The van der Waals surface area contributed by atoms with E-state index in [1.54, 1.807) is 0 Å². The minimum Gasteiger partial charge on any atom is -0.261 e. The molecule has 2 rings (SSSR count). The van der Waals surface area contributed by atoms with Crippen molar-refractivity contribution in [3.8, 4) is 0 Å². The van der Waals surface area contributed by atoms with E-state index in [-0.39, 0.29) is 0 Å². The van der Waals surface area contributed by atoms with Crippen LogP contribution in [0.4, 0.5) is 5.69 Å². The Morgan fingerprint density at radius 3 is 2.44 bits per heavy atom. The molecule has 1 aromatic rings. The first-order valence-corrected chi connectivity index (χ1v) is 10.2. The van der Waals surface area contributed by atoms with Gasteiger partial charge >= 0.3 is 0 Å². The van der Waals surface area contributed by atoms with Gasteiger partial charge < -0.3 is 0 Å². The lowest BCUT2D eigenvalue weighted by atomic mass is 9.85. The second-order valence-corrected chi connectivity index (χ2v) is 7.08. The fourth-order valence-electron chi connectivity index (χ4n) is 3.60. The van der Waals surface area contributed by atoms with Crippen molar-refractivity contribution in [2.45, 2.75) is 53.5 Å². The van der Waals surface area contributed by atoms with Crippen LogP contribution in [-0.4, -0.2) is 11.8 Å². The number of hydrogen-bond donors (Lipinski definition) is 0. The van der Waals surface area contributed by atoms with Crippen LogP contribution in [0.3, 0.4) is 0 Å². The zero-order valence-electron chi connectivity index (χ0n) is 17.5. The molecule has 27 heavy (non-hydrogen) atoms. The van der Waals surface area contributed by atoms with Crippen LogP contribution in [0.25, 0.3) is 0 Å². The van der Waals surface area contributed by atoms with Crippen molar-refractivity contribution in [2.24, 2.45) is 16.9 Å². The van der Waals surface area contributed by atoms with Crippen LogP contribution in [0.1, 0.15) is 47.5 Å². The summed E-state index contributed by atoms with van der Waals surface area (Å²) in [6.07, 6.45) is 17.5. The molecule has 1 aliphatic rings. The molecule has 0 spiro atoms. The quantitative estimate of drug-likeness (QED) is 0.457. The van der Waals surface area contributed by atoms with Crippen LogP contribution in [0.5, 0.6) is 0 Å². The summed E-state index contributed by atoms with van der Waals surface area (Å²) >= 11 is 0. The summed E-state index contributed by atoms with van der Waals surface area (Å²) in [6, 6.07) is 10.8. The molecule has 0 bridgehead atoms. The van der Waals surface area contributed by atoms with Gasteiger partial charge in [-0.2, -0.15) is 5.10 Å². The minimum atomic E-state index is 0.304. The summed E-state index contributed by atoms with van der Waals surface area (Å²) in [5.74, 6) is 0.740. The van der Waals surface area contributed by atoms with Crippen molar-refractivity contribution >= 4 is 11.4 Å². The lowest BCUT2D eigenvalue weighted by Gasteiger charge is -2.30. The van der Waals surface area contributed by atoms with Gasteiger partial charge in [-0.05, 0) is 43.4 Å². The number of para-hydroxylation sites is 1. The molecule has 0 aromatic heterocycles. The van der Waals surface area contributed by atoms with E-state index in [2.05, 4.69) is 112 Å². The summed E-state index contributed by atoms with van der Waals surface area (Å²) in [5.41, 5.74) is 3.57. The fourth-order valence-corrected chi connectivity index (χ4v) is 3.60. The highest BCUT2D eigenvalue weighted by Crippen LogP contribution is 2.35. The van der Waals surface area contributed by atoms with E-state index in [1.807, 2.05) is 0 Å². The van der Waals surface area contributed by atoms with Crippen molar-refractivity contribution < 1.29 is 0 Å². The average molecular weight is 363 g/mol. The van der Waals surface area contributed by atoms with Crippen molar-refractivity contribution in [2.75, 3.05) is 5.01 Å². The molecule has 1 heterocycles. The lowest BCUT2D eigenvalue weighted by Crippen LogP contribution is -2.37. The molecule has 3 atom stereocenters. The molecule has 2 nitrogen and oxygen atoms in total. The SMILES string of the molecule is C/C=C(\C=C/CC)C1=NN(c2ccccc2)C(C(C)/C=C\C=C/CC)C1C. The van der Waals surface area contributed by atoms with Gasteiger partial charge in [-0.15, -0.1) is 0 Å². The predicted octanol–water partition coefficient (Wildman–Crippen LogP) is 6.94. The maximum absolute atomic E-state index is 5.09. The zero-order valence-corrected chi connectivity index (χ0v) is 17.5. The van der Waals surface area contributed by atoms with E-state index in [4.69, 9.17) is 5.10 Å². The Hall–Kier alpha value is -2.35. The second kappa shape index (κ2) is 10.7. The molecule has 0 fully saturated rings. The molecule has 0 amide bonds. The molecule has 144 valence electrons. The normalized spacial score (nSPS) is 22.3. The first kappa shape index (κ1) is 21.0. The molecule has 2 heteroatoms. The largest absolute Gasteiger partial charge is 0.261 e. The number of hydrazone groups is 1. The van der Waals surface area contributed by atoms with E-state index in [1.165, 1.54) is 11.3 Å². The first-order chi connectivity index (χ1) is 13.1. The third-order valence-corrected chi connectivity index (χ3v) is 5.04. The maximum Gasteiger partial charge on any atom is 0.0728 e. The molecule has 1 aliphatic heterocycles. The van der Waals surface area contributed by atoms with Gasteiger partial charge in [0, 0.05) is 5.92 Å². The number of allylic oxidation sites excluding steroid dienone is 7. The Kier molecular flexibility index (Phi) is 8.32. The monoisotopic (exact) mass is 362 g/mol. The van der Waals surface area contributed by atoms with Crippen LogP contribution in [-0.2, 0) is 0 Å². The number of hydrogen-bond acceptors (Lipinski definition) is 2. The van der Waals surface area contributed by atoms with Gasteiger partial charge in [0.25, 0.3) is 0 Å². The van der Waals surface area contributed by atoms with Gasteiger partial charge in [0.2, 0.25) is 0 Å². The van der Waals surface area contributed by atoms with Crippen LogP contribution in [0.15, 0.2) is 83.5 Å². The maximum atomic E-state index is 5.09. The van der Waals surface area contributed by atoms with Gasteiger partial charge in [0.15, 0.2) is 0 Å². The van der Waals surface area contributed by atoms with Gasteiger partial charge in [-0.3, -0.25) is 5.01 Å². The molecule has 0 saturated carbocycles. The summed E-state index contributed by atoms with van der Waals surface area (Å²) in [5, 5.41) is 7.31.